The first kappa shape index (κ1) is 17.6. The monoisotopic (exact) mass is 310 g/mol. The molecule has 1 heterocycles. The maximum absolute atomic E-state index is 12.7. The number of nitrogens with zero attached hydrogens (tertiary/aromatic N) is 2. The van der Waals surface area contributed by atoms with E-state index in [1.54, 1.807) is 0 Å². The molecule has 6 heteroatoms. The van der Waals surface area contributed by atoms with Crippen molar-refractivity contribution in [2.75, 3.05) is 13.2 Å². The van der Waals surface area contributed by atoms with Crippen molar-refractivity contribution < 1.29 is 13.5 Å². The lowest BCUT2D eigenvalue weighted by Crippen LogP contribution is -2.39. The Balaban J connectivity index is 3.22. The minimum absolute atomic E-state index is 0.126. The van der Waals surface area contributed by atoms with Crippen molar-refractivity contribution in [2.45, 2.75) is 38.6 Å². The van der Waals surface area contributed by atoms with Gasteiger partial charge < -0.3 is 5.11 Å². The fraction of sp³-hybridized carbons (Fsp3) is 0.533. The van der Waals surface area contributed by atoms with Gasteiger partial charge in [0.15, 0.2) is 0 Å². The van der Waals surface area contributed by atoms with Gasteiger partial charge in [-0.25, -0.2) is 8.42 Å². The zero-order valence-electron chi connectivity index (χ0n) is 12.9. The summed E-state index contributed by atoms with van der Waals surface area (Å²) in [6.45, 7) is 7.83. The summed E-state index contributed by atoms with van der Waals surface area (Å²) >= 11 is 0. The van der Waals surface area contributed by atoms with Crippen molar-refractivity contribution in [1.29, 1.82) is 0 Å². The van der Waals surface area contributed by atoms with E-state index in [9.17, 15) is 8.42 Å². The minimum Gasteiger partial charge on any atom is -0.384 e. The summed E-state index contributed by atoms with van der Waals surface area (Å²) in [6, 6.07) is 1.35. The number of hydrogen-bond acceptors (Lipinski definition) is 4. The molecule has 0 amide bonds. The van der Waals surface area contributed by atoms with Crippen LogP contribution >= 0.6 is 0 Å². The lowest BCUT2D eigenvalue weighted by atomic mass is 10.2. The molecular weight excluding hydrogens is 288 g/mol. The second-order valence-corrected chi connectivity index (χ2v) is 7.32. The second kappa shape index (κ2) is 7.55. The van der Waals surface area contributed by atoms with E-state index in [4.69, 9.17) is 5.11 Å². The summed E-state index contributed by atoms with van der Waals surface area (Å²) in [5.74, 6) is 5.38. The molecule has 0 aromatic carbocycles. The van der Waals surface area contributed by atoms with Crippen molar-refractivity contribution in [1.82, 2.24) is 9.29 Å². The molecule has 0 radical (unpaired) electrons. The SMILES string of the molecule is CC(C)CN(C(C)C)S(=O)(=O)c1cncc(C#CCO)c1. The highest BCUT2D eigenvalue weighted by Crippen LogP contribution is 2.19. The summed E-state index contributed by atoms with van der Waals surface area (Å²) < 4.78 is 26.9. The lowest BCUT2D eigenvalue weighted by Gasteiger charge is -2.27. The fourth-order valence-corrected chi connectivity index (χ4v) is 3.64. The molecule has 1 rings (SSSR count). The maximum Gasteiger partial charge on any atom is 0.244 e. The molecule has 1 N–H and O–H groups in total. The van der Waals surface area contributed by atoms with Crippen LogP contribution in [0.5, 0.6) is 0 Å². The Bertz CT molecular complexity index is 628. The van der Waals surface area contributed by atoms with Gasteiger partial charge in [0, 0.05) is 30.5 Å². The third-order valence-corrected chi connectivity index (χ3v) is 4.76. The normalized spacial score (nSPS) is 11.8. The second-order valence-electron chi connectivity index (χ2n) is 5.43. The van der Waals surface area contributed by atoms with E-state index in [0.717, 1.165) is 0 Å². The Morgan fingerprint density at radius 2 is 1.95 bits per heavy atom. The third-order valence-electron chi connectivity index (χ3n) is 2.75. The first-order chi connectivity index (χ1) is 9.78. The molecule has 0 spiro atoms. The Hall–Kier alpha value is -1.42. The highest BCUT2D eigenvalue weighted by atomic mass is 32.2. The Morgan fingerprint density at radius 3 is 2.48 bits per heavy atom. The van der Waals surface area contributed by atoms with Crippen LogP contribution in [0.4, 0.5) is 0 Å². The largest absolute Gasteiger partial charge is 0.384 e. The van der Waals surface area contributed by atoms with Crippen molar-refractivity contribution in [3.05, 3.63) is 24.0 Å². The molecule has 0 aliphatic heterocycles. The van der Waals surface area contributed by atoms with Crippen molar-refractivity contribution in [2.24, 2.45) is 5.92 Å². The molecule has 116 valence electrons. The molecular formula is C15H22N2O3S. The van der Waals surface area contributed by atoms with Gasteiger partial charge in [0.25, 0.3) is 0 Å². The molecule has 0 bridgehead atoms. The summed E-state index contributed by atoms with van der Waals surface area (Å²) in [5, 5.41) is 8.70. The van der Waals surface area contributed by atoms with Crippen LogP contribution in [-0.4, -0.2) is 42.0 Å². The minimum atomic E-state index is -3.60. The molecule has 0 saturated carbocycles. The molecule has 0 unspecified atom stereocenters. The molecule has 1 aromatic heterocycles. The number of aliphatic hydroxyl groups excluding tert-OH is 1. The highest BCUT2D eigenvalue weighted by Gasteiger charge is 2.27. The van der Waals surface area contributed by atoms with Gasteiger partial charge in [0.1, 0.15) is 11.5 Å². The Morgan fingerprint density at radius 1 is 1.29 bits per heavy atom. The number of aliphatic hydroxyl groups is 1. The van der Waals surface area contributed by atoms with Crippen LogP contribution in [0.2, 0.25) is 0 Å². The molecule has 21 heavy (non-hydrogen) atoms. The number of rotatable bonds is 5. The zero-order valence-corrected chi connectivity index (χ0v) is 13.7. The smallest absolute Gasteiger partial charge is 0.244 e. The van der Waals surface area contributed by atoms with Crippen molar-refractivity contribution in [3.63, 3.8) is 0 Å². The molecule has 1 aromatic rings. The van der Waals surface area contributed by atoms with Crippen LogP contribution in [0, 0.1) is 17.8 Å². The van der Waals surface area contributed by atoms with Crippen LogP contribution < -0.4 is 0 Å². The third kappa shape index (κ3) is 4.81. The predicted octanol–water partition coefficient (Wildman–Crippen LogP) is 1.48. The van der Waals surface area contributed by atoms with Crippen LogP contribution in [0.3, 0.4) is 0 Å². The van der Waals surface area contributed by atoms with E-state index in [2.05, 4.69) is 16.8 Å². The molecule has 5 nitrogen and oxygen atoms in total. The average molecular weight is 310 g/mol. The van der Waals surface area contributed by atoms with E-state index < -0.39 is 10.0 Å². The van der Waals surface area contributed by atoms with E-state index in [1.807, 2.05) is 27.7 Å². The van der Waals surface area contributed by atoms with E-state index in [0.29, 0.717) is 12.1 Å². The Labute approximate surface area is 127 Å². The maximum atomic E-state index is 12.7. The van der Waals surface area contributed by atoms with Gasteiger partial charge >= 0.3 is 0 Å². The average Bonchev–Trinajstić information content (AvgIpc) is 2.42. The van der Waals surface area contributed by atoms with Gasteiger partial charge in [0.2, 0.25) is 10.0 Å². The van der Waals surface area contributed by atoms with E-state index in [-0.39, 0.29) is 23.5 Å². The number of hydrogen-bond donors (Lipinski definition) is 1. The predicted molar refractivity (Wildman–Crippen MR) is 82.1 cm³/mol. The summed E-state index contributed by atoms with van der Waals surface area (Å²) in [4.78, 5) is 4.06. The van der Waals surface area contributed by atoms with Gasteiger partial charge in [-0.15, -0.1) is 0 Å². The molecule has 0 aliphatic rings. The number of pyridine rings is 1. The fourth-order valence-electron chi connectivity index (χ4n) is 1.85. The molecule has 0 fully saturated rings. The standard InChI is InChI=1S/C15H22N2O3S/c1-12(2)11-17(13(3)4)21(19,20)15-8-14(6-5-7-18)9-16-10-15/h8-10,12-13,18H,7,11H2,1-4H3. The van der Waals surface area contributed by atoms with Gasteiger partial charge in [-0.3, -0.25) is 4.98 Å². The van der Waals surface area contributed by atoms with Gasteiger partial charge in [-0.05, 0) is 25.8 Å². The van der Waals surface area contributed by atoms with Gasteiger partial charge in [-0.1, -0.05) is 25.7 Å². The number of aromatic nitrogens is 1. The van der Waals surface area contributed by atoms with E-state index in [1.165, 1.54) is 22.8 Å². The summed E-state index contributed by atoms with van der Waals surface area (Å²) in [7, 11) is -3.60. The van der Waals surface area contributed by atoms with Gasteiger partial charge in [-0.2, -0.15) is 4.31 Å². The topological polar surface area (TPSA) is 70.5 Å². The van der Waals surface area contributed by atoms with Crippen molar-refractivity contribution in [3.8, 4) is 11.8 Å². The highest BCUT2D eigenvalue weighted by molar-refractivity contribution is 7.89. The first-order valence-electron chi connectivity index (χ1n) is 6.85. The quantitative estimate of drug-likeness (QED) is 0.836. The molecule has 0 saturated heterocycles. The lowest BCUT2D eigenvalue weighted by molar-refractivity contribution is 0.319. The zero-order chi connectivity index (χ0) is 16.0. The Kier molecular flexibility index (Phi) is 6.34. The van der Waals surface area contributed by atoms with E-state index >= 15 is 0 Å². The molecule has 0 aliphatic carbocycles. The van der Waals surface area contributed by atoms with Crippen LogP contribution in [-0.2, 0) is 10.0 Å². The van der Waals surface area contributed by atoms with Crippen LogP contribution in [0.1, 0.15) is 33.3 Å². The summed E-state index contributed by atoms with van der Waals surface area (Å²) in [6.07, 6.45) is 2.80. The first-order valence-corrected chi connectivity index (χ1v) is 8.29. The number of sulfonamides is 1. The molecule has 0 atom stereocenters. The van der Waals surface area contributed by atoms with Crippen LogP contribution in [0.15, 0.2) is 23.4 Å². The van der Waals surface area contributed by atoms with Crippen LogP contribution in [0.25, 0.3) is 0 Å². The van der Waals surface area contributed by atoms with Crippen molar-refractivity contribution >= 4 is 10.0 Å². The summed E-state index contributed by atoms with van der Waals surface area (Å²) in [5.41, 5.74) is 0.471. The van der Waals surface area contributed by atoms with Gasteiger partial charge in [0.05, 0.1) is 0 Å².